The number of benzene rings is 2. The van der Waals surface area contributed by atoms with Crippen molar-refractivity contribution in [3.05, 3.63) is 88.1 Å². The number of thiophene rings is 1. The summed E-state index contributed by atoms with van der Waals surface area (Å²) in [6, 6.07) is 18.5. The van der Waals surface area contributed by atoms with Gasteiger partial charge < -0.3 is 4.74 Å². The molecule has 7 nitrogen and oxygen atoms in total. The van der Waals surface area contributed by atoms with Crippen molar-refractivity contribution in [3.63, 3.8) is 0 Å². The average molecular weight is 475 g/mol. The molecule has 0 radical (unpaired) electrons. The summed E-state index contributed by atoms with van der Waals surface area (Å²) in [5, 5.41) is 5.24. The minimum absolute atomic E-state index is 0.174. The minimum Gasteiger partial charge on any atom is -0.467 e. The molecule has 1 aromatic heterocycles. The predicted molar refractivity (Wildman–Crippen MR) is 126 cm³/mol. The molecule has 2 aliphatic heterocycles. The summed E-state index contributed by atoms with van der Waals surface area (Å²) < 4.78 is 5.22. The van der Waals surface area contributed by atoms with Crippen molar-refractivity contribution in [1.82, 2.24) is 5.32 Å². The normalized spacial score (nSPS) is 25.9. The van der Waals surface area contributed by atoms with Gasteiger partial charge in [0, 0.05) is 10.4 Å². The summed E-state index contributed by atoms with van der Waals surface area (Å²) in [5.74, 6) is -3.57. The Morgan fingerprint density at radius 2 is 1.76 bits per heavy atom. The van der Waals surface area contributed by atoms with Crippen LogP contribution in [0.3, 0.4) is 0 Å². The number of rotatable bonds is 5. The van der Waals surface area contributed by atoms with E-state index in [9.17, 15) is 19.2 Å². The SMILES string of the molecule is COC(=O)[C@]1(c2ccccc2)N[C@@H](c2cccs2)[C@@H]2C(=O)N(c3cccc(C(C)=O)c3)C(=O)[C@H]21. The number of carbonyl (C=O) groups excluding carboxylic acids is 4. The highest BCUT2D eigenvalue weighted by Gasteiger charge is 2.69. The molecule has 2 amide bonds. The number of anilines is 1. The van der Waals surface area contributed by atoms with Crippen molar-refractivity contribution in [1.29, 1.82) is 0 Å². The molecule has 8 heteroatoms. The van der Waals surface area contributed by atoms with E-state index in [2.05, 4.69) is 5.32 Å². The zero-order valence-electron chi connectivity index (χ0n) is 18.6. The van der Waals surface area contributed by atoms with Crippen LogP contribution < -0.4 is 10.2 Å². The molecule has 3 aromatic rings. The molecule has 4 atom stereocenters. The fourth-order valence-electron chi connectivity index (χ4n) is 5.17. The Balaban J connectivity index is 1.71. The maximum Gasteiger partial charge on any atom is 0.331 e. The van der Waals surface area contributed by atoms with Gasteiger partial charge in [0.1, 0.15) is 0 Å². The van der Waals surface area contributed by atoms with Gasteiger partial charge in [-0.1, -0.05) is 48.5 Å². The predicted octanol–water partition coefficient (Wildman–Crippen LogP) is 3.47. The summed E-state index contributed by atoms with van der Waals surface area (Å²) in [7, 11) is 1.28. The van der Waals surface area contributed by atoms with Crippen LogP contribution in [0.4, 0.5) is 5.69 Å². The van der Waals surface area contributed by atoms with Gasteiger partial charge in [0.15, 0.2) is 11.3 Å². The van der Waals surface area contributed by atoms with Crippen LogP contribution in [-0.2, 0) is 24.7 Å². The summed E-state index contributed by atoms with van der Waals surface area (Å²) in [5.41, 5.74) is -0.287. The summed E-state index contributed by atoms with van der Waals surface area (Å²) in [4.78, 5) is 55.1. The molecule has 1 N–H and O–H groups in total. The van der Waals surface area contributed by atoms with E-state index in [1.807, 2.05) is 23.6 Å². The van der Waals surface area contributed by atoms with Gasteiger partial charge in [0.05, 0.1) is 30.7 Å². The zero-order chi connectivity index (χ0) is 24.0. The molecule has 2 aliphatic rings. The molecule has 34 heavy (non-hydrogen) atoms. The van der Waals surface area contributed by atoms with E-state index >= 15 is 0 Å². The number of methoxy groups -OCH3 is 1. The highest BCUT2D eigenvalue weighted by Crippen LogP contribution is 2.54. The van der Waals surface area contributed by atoms with Crippen molar-refractivity contribution in [3.8, 4) is 0 Å². The number of nitrogens with one attached hydrogen (secondary N) is 1. The van der Waals surface area contributed by atoms with Crippen LogP contribution >= 0.6 is 11.3 Å². The zero-order valence-corrected chi connectivity index (χ0v) is 19.4. The summed E-state index contributed by atoms with van der Waals surface area (Å²) in [6.07, 6.45) is 0. The summed E-state index contributed by atoms with van der Waals surface area (Å²) >= 11 is 1.45. The molecule has 0 aliphatic carbocycles. The third-order valence-corrected chi connectivity index (χ3v) is 7.61. The Labute approximate surface area is 200 Å². The number of hydrogen-bond acceptors (Lipinski definition) is 7. The number of hydrogen-bond donors (Lipinski definition) is 1. The van der Waals surface area contributed by atoms with Gasteiger partial charge in [0.25, 0.3) is 0 Å². The number of fused-ring (bicyclic) bond motifs is 1. The number of ketones is 1. The Hall–Kier alpha value is -3.62. The molecule has 5 rings (SSSR count). The highest BCUT2D eigenvalue weighted by molar-refractivity contribution is 7.10. The molecule has 0 unspecified atom stereocenters. The number of esters is 1. The molecular formula is C26H22N2O5S. The van der Waals surface area contributed by atoms with E-state index in [1.54, 1.807) is 42.5 Å². The van der Waals surface area contributed by atoms with Crippen molar-refractivity contribution in [2.45, 2.75) is 18.5 Å². The van der Waals surface area contributed by atoms with Crippen LogP contribution in [0.2, 0.25) is 0 Å². The lowest BCUT2D eigenvalue weighted by Crippen LogP contribution is -2.53. The number of Topliss-reactive ketones (excluding diaryl/α,β-unsaturated/α-hetero) is 1. The first-order valence-electron chi connectivity index (χ1n) is 10.8. The van der Waals surface area contributed by atoms with Gasteiger partial charge in [-0.3, -0.25) is 19.7 Å². The molecular weight excluding hydrogens is 452 g/mol. The molecule has 2 aromatic carbocycles. The number of amides is 2. The number of nitrogens with zero attached hydrogens (tertiary/aromatic N) is 1. The maximum atomic E-state index is 14.0. The van der Waals surface area contributed by atoms with E-state index < -0.39 is 41.2 Å². The Bertz CT molecular complexity index is 1290. The lowest BCUT2D eigenvalue weighted by atomic mass is 9.75. The second kappa shape index (κ2) is 8.30. The lowest BCUT2D eigenvalue weighted by molar-refractivity contribution is -0.152. The van der Waals surface area contributed by atoms with E-state index in [4.69, 9.17) is 4.74 Å². The largest absolute Gasteiger partial charge is 0.467 e. The first-order chi connectivity index (χ1) is 16.4. The molecule has 172 valence electrons. The van der Waals surface area contributed by atoms with Gasteiger partial charge in [-0.15, -0.1) is 11.3 Å². The maximum absolute atomic E-state index is 14.0. The first-order valence-corrected chi connectivity index (χ1v) is 11.7. The fraction of sp³-hybridized carbons (Fsp3) is 0.231. The standard InChI is InChI=1S/C26H22N2O5S/c1-15(29)16-8-6-11-18(14-16)28-23(30)20-21(24(28)31)26(25(32)33-2,17-9-4-3-5-10-17)27-22(20)19-12-7-13-34-19/h3-14,20-22,27H,1-2H3/t20-,21+,22+,26-/m1/s1. The highest BCUT2D eigenvalue weighted by atomic mass is 32.1. The Morgan fingerprint density at radius 3 is 2.41 bits per heavy atom. The average Bonchev–Trinajstić information content (AvgIpc) is 3.56. The summed E-state index contributed by atoms with van der Waals surface area (Å²) in [6.45, 7) is 1.43. The third-order valence-electron chi connectivity index (χ3n) is 6.66. The van der Waals surface area contributed by atoms with Gasteiger partial charge in [-0.2, -0.15) is 0 Å². The molecule has 0 bridgehead atoms. The van der Waals surface area contributed by atoms with Crippen LogP contribution in [0.5, 0.6) is 0 Å². The van der Waals surface area contributed by atoms with Crippen LogP contribution in [0, 0.1) is 11.8 Å². The topological polar surface area (TPSA) is 92.8 Å². The van der Waals surface area contributed by atoms with Crippen LogP contribution in [0.1, 0.15) is 33.8 Å². The van der Waals surface area contributed by atoms with E-state index in [1.165, 1.54) is 31.4 Å². The smallest absolute Gasteiger partial charge is 0.331 e. The van der Waals surface area contributed by atoms with Crippen LogP contribution in [0.25, 0.3) is 0 Å². The molecule has 2 fully saturated rings. The van der Waals surface area contributed by atoms with Gasteiger partial charge in [-0.25, -0.2) is 9.69 Å². The number of imide groups is 1. The fourth-order valence-corrected chi connectivity index (χ4v) is 5.99. The van der Waals surface area contributed by atoms with E-state index in [-0.39, 0.29) is 5.78 Å². The van der Waals surface area contributed by atoms with Crippen molar-refractivity contribution in [2.75, 3.05) is 12.0 Å². The van der Waals surface area contributed by atoms with Crippen LogP contribution in [0.15, 0.2) is 72.1 Å². The quantitative estimate of drug-likeness (QED) is 0.346. The second-order valence-corrected chi connectivity index (χ2v) is 9.40. The van der Waals surface area contributed by atoms with Crippen LogP contribution in [-0.4, -0.2) is 30.7 Å². The monoisotopic (exact) mass is 474 g/mol. The van der Waals surface area contributed by atoms with Crippen molar-refractivity contribution in [2.24, 2.45) is 11.8 Å². The third kappa shape index (κ3) is 3.13. The second-order valence-electron chi connectivity index (χ2n) is 8.42. The Kier molecular flexibility index (Phi) is 5.42. The van der Waals surface area contributed by atoms with Crippen molar-refractivity contribution < 1.29 is 23.9 Å². The lowest BCUT2D eigenvalue weighted by Gasteiger charge is -2.32. The molecule has 2 saturated heterocycles. The molecule has 0 saturated carbocycles. The van der Waals surface area contributed by atoms with Gasteiger partial charge in [-0.05, 0) is 36.1 Å². The Morgan fingerprint density at radius 1 is 1.00 bits per heavy atom. The minimum atomic E-state index is -1.55. The molecule has 0 spiro atoms. The number of carbonyl (C=O) groups is 4. The molecule has 3 heterocycles. The first kappa shape index (κ1) is 22.2. The van der Waals surface area contributed by atoms with E-state index in [0.29, 0.717) is 16.8 Å². The number of ether oxygens (including phenoxy) is 1. The van der Waals surface area contributed by atoms with Crippen molar-refractivity contribution >= 4 is 40.6 Å². The van der Waals surface area contributed by atoms with E-state index in [0.717, 1.165) is 9.78 Å². The van der Waals surface area contributed by atoms with Gasteiger partial charge >= 0.3 is 5.97 Å². The van der Waals surface area contributed by atoms with Gasteiger partial charge in [0.2, 0.25) is 11.8 Å².